The SMILES string of the molecule is CN(Cc1ccccc1)c1ncc(C(=O)NCCC(O)c2cccc(O)c2)c(-c2ccccc2)n1. The highest BCUT2D eigenvalue weighted by molar-refractivity contribution is 5.99. The number of hydrogen-bond acceptors (Lipinski definition) is 6. The third kappa shape index (κ3) is 6.22. The molecule has 4 aromatic rings. The van der Waals surface area contributed by atoms with Gasteiger partial charge >= 0.3 is 0 Å². The number of phenols is 1. The predicted molar refractivity (Wildman–Crippen MR) is 136 cm³/mol. The number of rotatable bonds is 9. The number of aromatic hydroxyl groups is 1. The fourth-order valence-electron chi connectivity index (χ4n) is 3.78. The largest absolute Gasteiger partial charge is 0.508 e. The van der Waals surface area contributed by atoms with Crippen molar-refractivity contribution < 1.29 is 15.0 Å². The molecule has 3 aromatic carbocycles. The third-order valence-corrected chi connectivity index (χ3v) is 5.63. The Kier molecular flexibility index (Phi) is 7.70. The van der Waals surface area contributed by atoms with E-state index in [0.29, 0.717) is 35.7 Å². The summed E-state index contributed by atoms with van der Waals surface area (Å²) in [5.41, 5.74) is 3.45. The lowest BCUT2D eigenvalue weighted by Gasteiger charge is -2.19. The molecule has 0 radical (unpaired) electrons. The maximum Gasteiger partial charge on any atom is 0.255 e. The molecule has 4 rings (SSSR count). The zero-order chi connectivity index (χ0) is 24.6. The molecule has 178 valence electrons. The summed E-state index contributed by atoms with van der Waals surface area (Å²) in [6.07, 6.45) is 1.04. The van der Waals surface area contributed by atoms with Crippen LogP contribution in [0.3, 0.4) is 0 Å². The minimum Gasteiger partial charge on any atom is -0.508 e. The van der Waals surface area contributed by atoms with Crippen LogP contribution >= 0.6 is 0 Å². The number of carbonyl (C=O) groups excluding carboxylic acids is 1. The fraction of sp³-hybridized carbons (Fsp3) is 0.179. The van der Waals surface area contributed by atoms with Crippen LogP contribution in [0.4, 0.5) is 5.95 Å². The summed E-state index contributed by atoms with van der Waals surface area (Å²) >= 11 is 0. The van der Waals surface area contributed by atoms with Crippen LogP contribution in [0.2, 0.25) is 0 Å². The van der Waals surface area contributed by atoms with E-state index >= 15 is 0 Å². The third-order valence-electron chi connectivity index (χ3n) is 5.63. The molecule has 0 saturated carbocycles. The lowest BCUT2D eigenvalue weighted by molar-refractivity contribution is 0.0942. The first-order valence-corrected chi connectivity index (χ1v) is 11.4. The van der Waals surface area contributed by atoms with Crippen molar-refractivity contribution in [3.05, 3.63) is 108 Å². The number of benzene rings is 3. The lowest BCUT2D eigenvalue weighted by atomic mass is 10.1. The van der Waals surface area contributed by atoms with Crippen molar-refractivity contribution in [2.75, 3.05) is 18.5 Å². The first kappa shape index (κ1) is 23.9. The Morgan fingerprint density at radius 3 is 2.43 bits per heavy atom. The number of phenolic OH excluding ortho intramolecular Hbond substituents is 1. The first-order valence-electron chi connectivity index (χ1n) is 11.4. The van der Waals surface area contributed by atoms with Crippen LogP contribution in [0, 0.1) is 0 Å². The van der Waals surface area contributed by atoms with Gasteiger partial charge in [0.15, 0.2) is 0 Å². The number of nitrogens with zero attached hydrogens (tertiary/aromatic N) is 3. The second-order valence-electron chi connectivity index (χ2n) is 8.30. The number of carbonyl (C=O) groups is 1. The molecule has 0 spiro atoms. The summed E-state index contributed by atoms with van der Waals surface area (Å²) in [5.74, 6) is 0.292. The number of aliphatic hydroxyl groups excluding tert-OH is 1. The summed E-state index contributed by atoms with van der Waals surface area (Å²) in [4.78, 5) is 24.2. The minimum atomic E-state index is -0.804. The molecule has 7 nitrogen and oxygen atoms in total. The molecule has 0 bridgehead atoms. The minimum absolute atomic E-state index is 0.0903. The molecule has 0 aliphatic heterocycles. The van der Waals surface area contributed by atoms with Gasteiger partial charge in [0.25, 0.3) is 5.91 Å². The van der Waals surface area contributed by atoms with Gasteiger partial charge in [-0.25, -0.2) is 9.97 Å². The molecule has 0 aliphatic carbocycles. The molecule has 7 heteroatoms. The van der Waals surface area contributed by atoms with E-state index in [4.69, 9.17) is 4.98 Å². The van der Waals surface area contributed by atoms with E-state index in [-0.39, 0.29) is 18.2 Å². The Bertz CT molecular complexity index is 1270. The zero-order valence-electron chi connectivity index (χ0n) is 19.5. The molecule has 1 aromatic heterocycles. The second kappa shape index (κ2) is 11.3. The number of nitrogens with one attached hydrogen (secondary N) is 1. The van der Waals surface area contributed by atoms with E-state index in [9.17, 15) is 15.0 Å². The topological polar surface area (TPSA) is 98.6 Å². The van der Waals surface area contributed by atoms with Gasteiger partial charge in [-0.2, -0.15) is 0 Å². The Morgan fingerprint density at radius 2 is 1.71 bits per heavy atom. The van der Waals surface area contributed by atoms with Gasteiger partial charge in [-0.15, -0.1) is 0 Å². The maximum absolute atomic E-state index is 13.1. The fourth-order valence-corrected chi connectivity index (χ4v) is 3.78. The van der Waals surface area contributed by atoms with Gasteiger partial charge in [-0.1, -0.05) is 72.8 Å². The van der Waals surface area contributed by atoms with E-state index in [1.54, 1.807) is 24.4 Å². The number of hydrogen-bond donors (Lipinski definition) is 3. The first-order chi connectivity index (χ1) is 17.0. The molecule has 0 aliphatic rings. The van der Waals surface area contributed by atoms with Gasteiger partial charge in [0, 0.05) is 31.9 Å². The Morgan fingerprint density at radius 1 is 1.00 bits per heavy atom. The van der Waals surface area contributed by atoms with Crippen LogP contribution in [-0.2, 0) is 6.54 Å². The molecule has 0 fully saturated rings. The van der Waals surface area contributed by atoms with Crippen LogP contribution in [-0.4, -0.2) is 39.7 Å². The summed E-state index contributed by atoms with van der Waals surface area (Å²) in [7, 11) is 1.92. The highest BCUT2D eigenvalue weighted by Crippen LogP contribution is 2.24. The van der Waals surface area contributed by atoms with Crippen LogP contribution in [0.1, 0.15) is 34.0 Å². The maximum atomic E-state index is 13.1. The van der Waals surface area contributed by atoms with E-state index in [0.717, 1.165) is 11.1 Å². The average Bonchev–Trinajstić information content (AvgIpc) is 2.89. The van der Waals surface area contributed by atoms with Gasteiger partial charge in [-0.3, -0.25) is 4.79 Å². The van der Waals surface area contributed by atoms with Gasteiger partial charge in [0.05, 0.1) is 17.4 Å². The monoisotopic (exact) mass is 468 g/mol. The highest BCUT2D eigenvalue weighted by Gasteiger charge is 2.18. The zero-order valence-corrected chi connectivity index (χ0v) is 19.5. The Hall–Kier alpha value is -4.23. The van der Waals surface area contributed by atoms with Crippen molar-refractivity contribution in [3.8, 4) is 17.0 Å². The molecule has 3 N–H and O–H groups in total. The number of aliphatic hydroxyl groups is 1. The van der Waals surface area contributed by atoms with Crippen molar-refractivity contribution in [1.29, 1.82) is 0 Å². The lowest BCUT2D eigenvalue weighted by Crippen LogP contribution is -2.27. The molecule has 1 unspecified atom stereocenters. The van der Waals surface area contributed by atoms with E-state index < -0.39 is 6.10 Å². The molecule has 0 saturated heterocycles. The summed E-state index contributed by atoms with van der Waals surface area (Å²) < 4.78 is 0. The van der Waals surface area contributed by atoms with Gasteiger partial charge in [0.2, 0.25) is 5.95 Å². The molecular formula is C28H28N4O3. The molecular weight excluding hydrogens is 440 g/mol. The average molecular weight is 469 g/mol. The van der Waals surface area contributed by atoms with Crippen molar-refractivity contribution in [2.45, 2.75) is 19.1 Å². The molecule has 35 heavy (non-hydrogen) atoms. The van der Waals surface area contributed by atoms with Crippen molar-refractivity contribution in [3.63, 3.8) is 0 Å². The quantitative estimate of drug-likeness (QED) is 0.338. The second-order valence-corrected chi connectivity index (χ2v) is 8.30. The van der Waals surface area contributed by atoms with Crippen molar-refractivity contribution in [1.82, 2.24) is 15.3 Å². The standard InChI is InChI=1S/C28H28N4O3/c1-32(19-20-9-4-2-5-10-20)28-30-18-24(26(31-28)21-11-6-3-7-12-21)27(35)29-16-15-25(34)22-13-8-14-23(33)17-22/h2-14,17-18,25,33-34H,15-16,19H2,1H3,(H,29,35). The normalized spacial score (nSPS) is 11.6. The molecule has 1 amide bonds. The Labute approximate surface area is 204 Å². The number of aromatic nitrogens is 2. The van der Waals surface area contributed by atoms with Crippen LogP contribution < -0.4 is 10.2 Å². The van der Waals surface area contributed by atoms with Gasteiger partial charge in [-0.05, 0) is 29.7 Å². The van der Waals surface area contributed by atoms with Gasteiger partial charge < -0.3 is 20.4 Å². The number of anilines is 1. The van der Waals surface area contributed by atoms with Gasteiger partial charge in [0.1, 0.15) is 5.75 Å². The summed E-state index contributed by atoms with van der Waals surface area (Å²) in [6.45, 7) is 0.882. The summed E-state index contributed by atoms with van der Waals surface area (Å²) in [5, 5.41) is 22.9. The molecule has 1 heterocycles. The summed E-state index contributed by atoms with van der Waals surface area (Å²) in [6, 6.07) is 26.0. The van der Waals surface area contributed by atoms with Crippen LogP contribution in [0.25, 0.3) is 11.3 Å². The van der Waals surface area contributed by atoms with E-state index in [1.165, 1.54) is 6.07 Å². The van der Waals surface area contributed by atoms with E-state index in [2.05, 4.69) is 10.3 Å². The van der Waals surface area contributed by atoms with Crippen molar-refractivity contribution >= 4 is 11.9 Å². The van der Waals surface area contributed by atoms with Crippen molar-refractivity contribution in [2.24, 2.45) is 0 Å². The van der Waals surface area contributed by atoms with Crippen LogP contribution in [0.5, 0.6) is 5.75 Å². The highest BCUT2D eigenvalue weighted by atomic mass is 16.3. The van der Waals surface area contributed by atoms with E-state index in [1.807, 2.05) is 72.6 Å². The molecule has 1 atom stereocenters. The van der Waals surface area contributed by atoms with Crippen LogP contribution in [0.15, 0.2) is 91.1 Å². The number of amides is 1. The Balaban J connectivity index is 1.50. The smallest absolute Gasteiger partial charge is 0.255 e. The predicted octanol–water partition coefficient (Wildman–Crippen LogP) is 4.34.